The molecule has 6 nitrogen and oxygen atoms in total. The number of rotatable bonds is 5. The average Bonchev–Trinajstić information content (AvgIpc) is 3.10. The molecule has 1 heterocycles. The molecular formula is C17H15F2N5O. The van der Waals surface area contributed by atoms with Crippen molar-refractivity contribution >= 4 is 6.03 Å². The number of urea groups is 1. The summed E-state index contributed by atoms with van der Waals surface area (Å²) >= 11 is 0. The van der Waals surface area contributed by atoms with Crippen LogP contribution in [-0.4, -0.2) is 20.8 Å². The molecule has 0 atom stereocenters. The number of hydrogen-bond acceptors (Lipinski definition) is 3. The monoisotopic (exact) mass is 343 g/mol. The van der Waals surface area contributed by atoms with Crippen molar-refractivity contribution in [2.24, 2.45) is 0 Å². The van der Waals surface area contributed by atoms with Gasteiger partial charge in [0, 0.05) is 17.8 Å². The molecule has 0 fully saturated rings. The summed E-state index contributed by atoms with van der Waals surface area (Å²) in [6, 6.07) is 12.7. The summed E-state index contributed by atoms with van der Waals surface area (Å²) in [6.07, 6.45) is 1.55. The van der Waals surface area contributed by atoms with E-state index in [1.54, 1.807) is 10.9 Å². The van der Waals surface area contributed by atoms with Crippen LogP contribution in [0, 0.1) is 11.6 Å². The van der Waals surface area contributed by atoms with E-state index in [1.165, 1.54) is 12.1 Å². The zero-order valence-corrected chi connectivity index (χ0v) is 13.1. The molecule has 0 spiro atoms. The zero-order valence-electron chi connectivity index (χ0n) is 13.1. The van der Waals surface area contributed by atoms with Gasteiger partial charge in [-0.3, -0.25) is 4.57 Å². The van der Waals surface area contributed by atoms with Crippen molar-refractivity contribution in [3.8, 4) is 5.69 Å². The van der Waals surface area contributed by atoms with Crippen LogP contribution in [0.25, 0.3) is 5.69 Å². The van der Waals surface area contributed by atoms with E-state index in [0.717, 1.165) is 11.8 Å². The second kappa shape index (κ2) is 7.52. The SMILES string of the molecule is O=C(NCc1cccc(F)c1F)NCc1nncn1-c1ccccc1. The van der Waals surface area contributed by atoms with Gasteiger partial charge in [-0.25, -0.2) is 13.6 Å². The molecule has 3 rings (SSSR count). The molecular weight excluding hydrogens is 328 g/mol. The summed E-state index contributed by atoms with van der Waals surface area (Å²) in [7, 11) is 0. The fourth-order valence-corrected chi connectivity index (χ4v) is 2.27. The van der Waals surface area contributed by atoms with Gasteiger partial charge in [0.25, 0.3) is 0 Å². The molecule has 2 aromatic carbocycles. The second-order valence-corrected chi connectivity index (χ2v) is 5.20. The highest BCUT2D eigenvalue weighted by molar-refractivity contribution is 5.73. The quantitative estimate of drug-likeness (QED) is 0.748. The van der Waals surface area contributed by atoms with Crippen molar-refractivity contribution in [3.63, 3.8) is 0 Å². The number of halogens is 2. The molecule has 0 bridgehead atoms. The van der Waals surface area contributed by atoms with Crippen molar-refractivity contribution in [1.82, 2.24) is 25.4 Å². The standard InChI is InChI=1S/C17H15F2N5O/c18-14-8-4-5-12(16(14)19)9-20-17(25)21-10-15-23-22-11-24(15)13-6-2-1-3-7-13/h1-8,11H,9-10H2,(H2,20,21,25). The zero-order chi connectivity index (χ0) is 17.6. The molecule has 25 heavy (non-hydrogen) atoms. The number of amides is 2. The average molecular weight is 343 g/mol. The van der Waals surface area contributed by atoms with E-state index in [0.29, 0.717) is 5.82 Å². The van der Waals surface area contributed by atoms with Crippen LogP contribution in [0.3, 0.4) is 0 Å². The summed E-state index contributed by atoms with van der Waals surface area (Å²) in [5.41, 5.74) is 0.939. The Labute approximate surface area is 142 Å². The molecule has 2 amide bonds. The van der Waals surface area contributed by atoms with Gasteiger partial charge in [0.05, 0.1) is 6.54 Å². The molecule has 0 aliphatic heterocycles. The lowest BCUT2D eigenvalue weighted by molar-refractivity contribution is 0.239. The van der Waals surface area contributed by atoms with Crippen molar-refractivity contribution in [1.29, 1.82) is 0 Å². The Balaban J connectivity index is 1.57. The predicted molar refractivity (Wildman–Crippen MR) is 86.8 cm³/mol. The van der Waals surface area contributed by atoms with Gasteiger partial charge in [-0.2, -0.15) is 0 Å². The Hall–Kier alpha value is -3.29. The van der Waals surface area contributed by atoms with Crippen LogP contribution in [0.4, 0.5) is 13.6 Å². The molecule has 3 aromatic rings. The van der Waals surface area contributed by atoms with E-state index in [1.807, 2.05) is 30.3 Å². The van der Waals surface area contributed by atoms with E-state index in [9.17, 15) is 13.6 Å². The third-order valence-electron chi connectivity index (χ3n) is 3.53. The number of benzene rings is 2. The Morgan fingerprint density at radius 3 is 2.56 bits per heavy atom. The van der Waals surface area contributed by atoms with Crippen molar-refractivity contribution in [2.45, 2.75) is 13.1 Å². The lowest BCUT2D eigenvalue weighted by Gasteiger charge is -2.09. The molecule has 128 valence electrons. The van der Waals surface area contributed by atoms with Crippen molar-refractivity contribution in [2.75, 3.05) is 0 Å². The number of nitrogens with zero attached hydrogens (tertiary/aromatic N) is 3. The minimum Gasteiger partial charge on any atom is -0.334 e. The summed E-state index contributed by atoms with van der Waals surface area (Å²) in [5.74, 6) is -1.37. The Bertz CT molecular complexity index is 866. The van der Waals surface area contributed by atoms with Gasteiger partial charge >= 0.3 is 6.03 Å². The molecule has 8 heteroatoms. The van der Waals surface area contributed by atoms with Gasteiger partial charge in [-0.1, -0.05) is 30.3 Å². The van der Waals surface area contributed by atoms with Gasteiger partial charge < -0.3 is 10.6 Å². The highest BCUT2D eigenvalue weighted by Gasteiger charge is 2.10. The molecule has 0 saturated heterocycles. The number of aromatic nitrogens is 3. The maximum atomic E-state index is 13.5. The largest absolute Gasteiger partial charge is 0.334 e. The van der Waals surface area contributed by atoms with Gasteiger partial charge in [0.15, 0.2) is 17.5 Å². The summed E-state index contributed by atoms with van der Waals surface area (Å²) in [4.78, 5) is 11.9. The third-order valence-corrected chi connectivity index (χ3v) is 3.53. The van der Waals surface area contributed by atoms with E-state index in [-0.39, 0.29) is 18.7 Å². The smallest absolute Gasteiger partial charge is 0.315 e. The number of hydrogen-bond donors (Lipinski definition) is 2. The van der Waals surface area contributed by atoms with Crippen LogP contribution >= 0.6 is 0 Å². The maximum Gasteiger partial charge on any atom is 0.315 e. The van der Waals surface area contributed by atoms with E-state index in [4.69, 9.17) is 0 Å². The molecule has 0 aliphatic rings. The fourth-order valence-electron chi connectivity index (χ4n) is 2.27. The van der Waals surface area contributed by atoms with E-state index < -0.39 is 17.7 Å². The Kier molecular flexibility index (Phi) is 4.98. The number of para-hydroxylation sites is 1. The Morgan fingerprint density at radius 1 is 1.00 bits per heavy atom. The van der Waals surface area contributed by atoms with Gasteiger partial charge in [-0.15, -0.1) is 10.2 Å². The van der Waals surface area contributed by atoms with Crippen LogP contribution in [0.2, 0.25) is 0 Å². The van der Waals surface area contributed by atoms with Gasteiger partial charge in [0.2, 0.25) is 0 Å². The first-order valence-electron chi connectivity index (χ1n) is 7.54. The van der Waals surface area contributed by atoms with Gasteiger partial charge in [-0.05, 0) is 18.2 Å². The van der Waals surface area contributed by atoms with E-state index >= 15 is 0 Å². The van der Waals surface area contributed by atoms with Crippen LogP contribution in [0.5, 0.6) is 0 Å². The van der Waals surface area contributed by atoms with Crippen LogP contribution in [-0.2, 0) is 13.1 Å². The highest BCUT2D eigenvalue weighted by Crippen LogP contribution is 2.11. The van der Waals surface area contributed by atoms with Crippen LogP contribution in [0.15, 0.2) is 54.9 Å². The third kappa shape index (κ3) is 3.97. The summed E-state index contributed by atoms with van der Waals surface area (Å²) in [6.45, 7) is 0.00711. The first-order chi connectivity index (χ1) is 12.1. The molecule has 0 aliphatic carbocycles. The minimum absolute atomic E-state index is 0.0719. The number of carbonyl (C=O) groups excluding carboxylic acids is 1. The second-order valence-electron chi connectivity index (χ2n) is 5.20. The first-order valence-corrected chi connectivity index (χ1v) is 7.54. The van der Waals surface area contributed by atoms with Crippen LogP contribution in [0.1, 0.15) is 11.4 Å². The Morgan fingerprint density at radius 2 is 1.76 bits per heavy atom. The molecule has 0 saturated carbocycles. The molecule has 2 N–H and O–H groups in total. The maximum absolute atomic E-state index is 13.5. The predicted octanol–water partition coefficient (Wildman–Crippen LogP) is 2.54. The van der Waals surface area contributed by atoms with Crippen molar-refractivity contribution in [3.05, 3.63) is 77.9 Å². The summed E-state index contributed by atoms with van der Waals surface area (Å²) < 4.78 is 28.4. The number of carbonyl (C=O) groups is 1. The molecule has 0 radical (unpaired) electrons. The first kappa shape index (κ1) is 16.6. The number of nitrogens with one attached hydrogen (secondary N) is 2. The lowest BCUT2D eigenvalue weighted by Crippen LogP contribution is -2.35. The molecule has 1 aromatic heterocycles. The normalized spacial score (nSPS) is 10.5. The highest BCUT2D eigenvalue weighted by atomic mass is 19.2. The van der Waals surface area contributed by atoms with Crippen molar-refractivity contribution < 1.29 is 13.6 Å². The fraction of sp³-hybridized carbons (Fsp3) is 0.118. The van der Waals surface area contributed by atoms with E-state index in [2.05, 4.69) is 20.8 Å². The summed E-state index contributed by atoms with van der Waals surface area (Å²) in [5, 5.41) is 12.9. The minimum atomic E-state index is -0.966. The lowest BCUT2D eigenvalue weighted by atomic mass is 10.2. The molecule has 0 unspecified atom stereocenters. The van der Waals surface area contributed by atoms with Gasteiger partial charge in [0.1, 0.15) is 6.33 Å². The topological polar surface area (TPSA) is 71.8 Å². The van der Waals surface area contributed by atoms with Crippen LogP contribution < -0.4 is 10.6 Å².